The van der Waals surface area contributed by atoms with Gasteiger partial charge in [-0.2, -0.15) is 0 Å². The fraction of sp³-hybridized carbons (Fsp3) is 0.304. The van der Waals surface area contributed by atoms with E-state index in [4.69, 9.17) is 9.72 Å². The minimum absolute atomic E-state index is 0.386. The van der Waals surface area contributed by atoms with Crippen molar-refractivity contribution < 1.29 is 4.74 Å². The average molecular weight is 400 g/mol. The van der Waals surface area contributed by atoms with Gasteiger partial charge in [-0.3, -0.25) is 0 Å². The van der Waals surface area contributed by atoms with Crippen LogP contribution in [-0.4, -0.2) is 44.7 Å². The van der Waals surface area contributed by atoms with Crippen LogP contribution in [0.1, 0.15) is 23.3 Å². The van der Waals surface area contributed by atoms with Gasteiger partial charge in [-0.1, -0.05) is 12.1 Å². The average Bonchev–Trinajstić information content (AvgIpc) is 3.03. The van der Waals surface area contributed by atoms with Gasteiger partial charge >= 0.3 is 0 Å². The highest BCUT2D eigenvalue weighted by Crippen LogP contribution is 2.34. The normalized spacial score (nSPS) is 14.2. The number of nitrogens with zero attached hydrogens (tertiary/aromatic N) is 6. The van der Waals surface area contributed by atoms with E-state index in [2.05, 4.69) is 49.7 Å². The van der Waals surface area contributed by atoms with E-state index in [1.165, 1.54) is 5.52 Å². The van der Waals surface area contributed by atoms with E-state index in [9.17, 15) is 0 Å². The number of hydrogen-bond donors (Lipinski definition) is 0. The zero-order chi connectivity index (χ0) is 20.8. The van der Waals surface area contributed by atoms with E-state index in [0.717, 1.165) is 53.0 Å². The molecule has 0 amide bonds. The van der Waals surface area contributed by atoms with Crippen molar-refractivity contribution in [1.82, 2.24) is 24.5 Å². The summed E-state index contributed by atoms with van der Waals surface area (Å²) in [5.41, 5.74) is 4.84. The van der Waals surface area contributed by atoms with Crippen LogP contribution < -0.4 is 9.64 Å². The SMILES string of the molecule is COc1nc(C)ccc1-c1cc(N2CC(c3nc4ccccc4n3C)C2)nc(C)n1. The van der Waals surface area contributed by atoms with E-state index in [1.54, 1.807) is 7.11 Å². The van der Waals surface area contributed by atoms with Crippen molar-refractivity contribution in [2.75, 3.05) is 25.1 Å². The van der Waals surface area contributed by atoms with Crippen LogP contribution in [0, 0.1) is 13.8 Å². The molecule has 7 nitrogen and oxygen atoms in total. The molecule has 0 spiro atoms. The van der Waals surface area contributed by atoms with E-state index >= 15 is 0 Å². The van der Waals surface area contributed by atoms with Crippen LogP contribution in [0.5, 0.6) is 5.88 Å². The second-order valence-electron chi connectivity index (χ2n) is 7.79. The number of hydrogen-bond acceptors (Lipinski definition) is 6. The highest BCUT2D eigenvalue weighted by Gasteiger charge is 2.33. The fourth-order valence-corrected chi connectivity index (χ4v) is 4.09. The highest BCUT2D eigenvalue weighted by molar-refractivity contribution is 5.76. The molecule has 152 valence electrons. The molecule has 5 rings (SSSR count). The van der Waals surface area contributed by atoms with Crippen molar-refractivity contribution in [2.45, 2.75) is 19.8 Å². The van der Waals surface area contributed by atoms with Crippen LogP contribution in [-0.2, 0) is 7.05 Å². The van der Waals surface area contributed by atoms with Crippen molar-refractivity contribution in [3.8, 4) is 17.1 Å². The lowest BCUT2D eigenvalue weighted by molar-refractivity contribution is 0.398. The molecule has 4 aromatic rings. The Labute approximate surface area is 175 Å². The quantitative estimate of drug-likeness (QED) is 0.521. The first-order chi connectivity index (χ1) is 14.5. The zero-order valence-corrected chi connectivity index (χ0v) is 17.6. The summed E-state index contributed by atoms with van der Waals surface area (Å²) in [4.78, 5) is 20.9. The molecule has 1 aromatic carbocycles. The first kappa shape index (κ1) is 18.5. The molecule has 1 aliphatic heterocycles. The molecule has 7 heteroatoms. The Morgan fingerprint density at radius 1 is 0.967 bits per heavy atom. The summed E-state index contributed by atoms with van der Waals surface area (Å²) in [7, 11) is 3.73. The lowest BCUT2D eigenvalue weighted by Crippen LogP contribution is -2.46. The molecule has 0 saturated carbocycles. The van der Waals surface area contributed by atoms with E-state index in [1.807, 2.05) is 38.1 Å². The van der Waals surface area contributed by atoms with Crippen molar-refractivity contribution in [1.29, 1.82) is 0 Å². The molecule has 4 heterocycles. The number of para-hydroxylation sites is 2. The van der Waals surface area contributed by atoms with Crippen LogP contribution in [0.3, 0.4) is 0 Å². The number of rotatable bonds is 4. The number of aryl methyl sites for hydroxylation is 3. The smallest absolute Gasteiger partial charge is 0.222 e. The summed E-state index contributed by atoms with van der Waals surface area (Å²) in [5, 5.41) is 0. The molecule has 0 bridgehead atoms. The number of fused-ring (bicyclic) bond motifs is 1. The molecule has 0 N–H and O–H groups in total. The van der Waals surface area contributed by atoms with Crippen LogP contribution in [0.4, 0.5) is 5.82 Å². The predicted octanol–water partition coefficient (Wildman–Crippen LogP) is 3.65. The third-order valence-electron chi connectivity index (χ3n) is 5.69. The molecule has 0 atom stereocenters. The minimum atomic E-state index is 0.386. The number of ether oxygens (including phenoxy) is 1. The Kier molecular flexibility index (Phi) is 4.38. The van der Waals surface area contributed by atoms with Crippen molar-refractivity contribution >= 4 is 16.9 Å². The van der Waals surface area contributed by atoms with Gasteiger partial charge in [-0.05, 0) is 38.1 Å². The van der Waals surface area contributed by atoms with Gasteiger partial charge in [-0.15, -0.1) is 0 Å². The Hall–Kier alpha value is -3.48. The number of aromatic nitrogens is 5. The summed E-state index contributed by atoms with van der Waals surface area (Å²) in [6.45, 7) is 5.64. The third-order valence-corrected chi connectivity index (χ3v) is 5.69. The van der Waals surface area contributed by atoms with E-state index < -0.39 is 0 Å². The molecule has 1 saturated heterocycles. The molecule has 0 unspecified atom stereocenters. The summed E-state index contributed by atoms with van der Waals surface area (Å²) in [6, 6.07) is 14.3. The van der Waals surface area contributed by atoms with Crippen LogP contribution in [0.15, 0.2) is 42.5 Å². The van der Waals surface area contributed by atoms with Crippen molar-refractivity contribution in [3.05, 3.63) is 59.8 Å². The lowest BCUT2D eigenvalue weighted by atomic mass is 9.99. The van der Waals surface area contributed by atoms with Gasteiger partial charge in [0.1, 0.15) is 17.5 Å². The molecular weight excluding hydrogens is 376 g/mol. The van der Waals surface area contributed by atoms with Gasteiger partial charge in [0, 0.05) is 31.9 Å². The molecule has 1 fully saturated rings. The highest BCUT2D eigenvalue weighted by atomic mass is 16.5. The number of pyridine rings is 1. The maximum absolute atomic E-state index is 5.48. The summed E-state index contributed by atoms with van der Waals surface area (Å²) < 4.78 is 7.69. The van der Waals surface area contributed by atoms with Gasteiger partial charge in [-0.25, -0.2) is 19.9 Å². The van der Waals surface area contributed by atoms with Crippen molar-refractivity contribution in [3.63, 3.8) is 0 Å². The van der Waals surface area contributed by atoms with Crippen molar-refractivity contribution in [2.24, 2.45) is 7.05 Å². The lowest BCUT2D eigenvalue weighted by Gasteiger charge is -2.39. The Morgan fingerprint density at radius 3 is 2.53 bits per heavy atom. The maximum atomic E-state index is 5.48. The largest absolute Gasteiger partial charge is 0.480 e. The van der Waals surface area contributed by atoms with E-state index in [-0.39, 0.29) is 0 Å². The number of anilines is 1. The molecule has 30 heavy (non-hydrogen) atoms. The molecule has 1 aliphatic rings. The first-order valence-electron chi connectivity index (χ1n) is 10.1. The second-order valence-corrected chi connectivity index (χ2v) is 7.79. The number of methoxy groups -OCH3 is 1. The summed E-state index contributed by atoms with van der Waals surface area (Å²) >= 11 is 0. The minimum Gasteiger partial charge on any atom is -0.480 e. The van der Waals surface area contributed by atoms with Gasteiger partial charge in [0.05, 0.1) is 35.3 Å². The zero-order valence-electron chi connectivity index (χ0n) is 17.6. The summed E-state index contributed by atoms with van der Waals surface area (Å²) in [6.07, 6.45) is 0. The van der Waals surface area contributed by atoms with Crippen LogP contribution in [0.25, 0.3) is 22.3 Å². The topological polar surface area (TPSA) is 69.0 Å². The number of imidazole rings is 1. The van der Waals surface area contributed by atoms with Gasteiger partial charge in [0.25, 0.3) is 0 Å². The number of benzene rings is 1. The second kappa shape index (κ2) is 7.09. The van der Waals surface area contributed by atoms with E-state index in [0.29, 0.717) is 11.8 Å². The fourth-order valence-electron chi connectivity index (χ4n) is 4.09. The Balaban J connectivity index is 1.42. The Bertz CT molecular complexity index is 1240. The standard InChI is InChI=1S/C23H24N6O/c1-14-9-10-17(23(24-14)30-4)19-11-21(26-15(2)25-19)29-12-16(13-29)22-27-18-7-5-6-8-20(18)28(22)3/h5-11,16H,12-13H2,1-4H3. The molecular formula is C23H24N6O. The predicted molar refractivity (Wildman–Crippen MR) is 117 cm³/mol. The summed E-state index contributed by atoms with van der Waals surface area (Å²) in [5.74, 6) is 3.76. The van der Waals surface area contributed by atoms with Crippen LogP contribution in [0.2, 0.25) is 0 Å². The van der Waals surface area contributed by atoms with Gasteiger partial charge < -0.3 is 14.2 Å². The van der Waals surface area contributed by atoms with Gasteiger partial charge in [0.2, 0.25) is 5.88 Å². The Morgan fingerprint density at radius 2 is 1.77 bits per heavy atom. The van der Waals surface area contributed by atoms with Crippen LogP contribution >= 0.6 is 0 Å². The third kappa shape index (κ3) is 3.07. The monoisotopic (exact) mass is 400 g/mol. The molecule has 0 aliphatic carbocycles. The van der Waals surface area contributed by atoms with Gasteiger partial charge in [0.15, 0.2) is 0 Å². The molecule has 0 radical (unpaired) electrons. The first-order valence-corrected chi connectivity index (χ1v) is 10.1. The molecule has 3 aromatic heterocycles. The maximum Gasteiger partial charge on any atom is 0.222 e.